The number of alkyl halides is 1. The van der Waals surface area contributed by atoms with Gasteiger partial charge in [0.1, 0.15) is 16.4 Å². The maximum atomic E-state index is 13.4. The van der Waals surface area contributed by atoms with Crippen LogP contribution in [0.5, 0.6) is 11.5 Å². The van der Waals surface area contributed by atoms with Crippen molar-refractivity contribution in [2.24, 2.45) is 0 Å². The van der Waals surface area contributed by atoms with E-state index in [1.165, 1.54) is 10.5 Å². The van der Waals surface area contributed by atoms with Gasteiger partial charge in [-0.1, -0.05) is 40.2 Å². The van der Waals surface area contributed by atoms with E-state index in [-0.39, 0.29) is 18.0 Å². The van der Waals surface area contributed by atoms with Crippen LogP contribution >= 0.6 is 15.9 Å². The van der Waals surface area contributed by atoms with Gasteiger partial charge in [0.25, 0.3) is 0 Å². The number of rotatable bonds is 9. The number of hydrogen-bond acceptors (Lipinski definition) is 5. The van der Waals surface area contributed by atoms with Gasteiger partial charge >= 0.3 is 0 Å². The molecule has 1 aromatic heterocycles. The second-order valence-corrected chi connectivity index (χ2v) is 9.09. The van der Waals surface area contributed by atoms with Crippen LogP contribution in [0.4, 0.5) is 0 Å². The summed E-state index contributed by atoms with van der Waals surface area (Å²) in [5, 5.41) is 0.564. The van der Waals surface area contributed by atoms with E-state index in [0.29, 0.717) is 5.33 Å². The molecule has 0 spiro atoms. The number of nitrogens with zero attached hydrogens (tertiary/aromatic N) is 2. The lowest BCUT2D eigenvalue weighted by Gasteiger charge is -2.23. The first-order valence-electron chi connectivity index (χ1n) is 9.23. The topological polar surface area (TPSA) is 68.7 Å². The number of aromatic nitrogens is 1. The van der Waals surface area contributed by atoms with Gasteiger partial charge in [-0.15, -0.1) is 0 Å². The van der Waals surface area contributed by atoms with Crippen LogP contribution in [0.3, 0.4) is 0 Å². The zero-order chi connectivity index (χ0) is 21.6. The van der Waals surface area contributed by atoms with E-state index in [1.54, 1.807) is 26.4 Å². The largest absolute Gasteiger partial charge is 0.497 e. The Balaban J connectivity index is 1.93. The highest BCUT2D eigenvalue weighted by Gasteiger charge is 2.25. The number of pyridine rings is 1. The van der Waals surface area contributed by atoms with Gasteiger partial charge in [-0.05, 0) is 47.5 Å². The van der Waals surface area contributed by atoms with E-state index < -0.39 is 10.0 Å². The molecule has 0 amide bonds. The molecule has 0 N–H and O–H groups in total. The number of methoxy groups -OCH3 is 2. The first kappa shape index (κ1) is 22.3. The molecule has 0 aliphatic carbocycles. The molecule has 8 heteroatoms. The average Bonchev–Trinajstić information content (AvgIpc) is 2.79. The van der Waals surface area contributed by atoms with Gasteiger partial charge in [-0.3, -0.25) is 4.98 Å². The van der Waals surface area contributed by atoms with Crippen LogP contribution in [0.2, 0.25) is 0 Å². The summed E-state index contributed by atoms with van der Waals surface area (Å²) in [5.41, 5.74) is 2.49. The van der Waals surface area contributed by atoms with Crippen molar-refractivity contribution in [1.29, 1.82) is 0 Å². The highest BCUT2D eigenvalue weighted by molar-refractivity contribution is 9.08. The van der Waals surface area contributed by atoms with Gasteiger partial charge in [-0.25, -0.2) is 8.42 Å². The maximum absolute atomic E-state index is 13.4. The molecule has 0 fully saturated rings. The predicted octanol–water partition coefficient (Wildman–Crippen LogP) is 4.38. The highest BCUT2D eigenvalue weighted by Crippen LogP contribution is 2.23. The monoisotopic (exact) mass is 490 g/mol. The molecular weight excluding hydrogens is 468 g/mol. The number of ether oxygens (including phenoxy) is 2. The summed E-state index contributed by atoms with van der Waals surface area (Å²) in [7, 11) is -0.568. The highest BCUT2D eigenvalue weighted by atomic mass is 79.9. The fraction of sp³-hybridized carbons (Fsp3) is 0.227. The minimum Gasteiger partial charge on any atom is -0.497 e. The van der Waals surface area contributed by atoms with Crippen molar-refractivity contribution in [3.8, 4) is 11.5 Å². The van der Waals surface area contributed by atoms with E-state index >= 15 is 0 Å². The predicted molar refractivity (Wildman–Crippen MR) is 119 cm³/mol. The van der Waals surface area contributed by atoms with Crippen LogP contribution in [-0.2, 0) is 28.4 Å². The minimum absolute atomic E-state index is 0.161. The summed E-state index contributed by atoms with van der Waals surface area (Å²) < 4.78 is 38.7. The van der Waals surface area contributed by atoms with Crippen LogP contribution in [0, 0.1) is 0 Å². The first-order valence-corrected chi connectivity index (χ1v) is 11.8. The van der Waals surface area contributed by atoms with Crippen LogP contribution in [0.1, 0.15) is 16.8 Å². The maximum Gasteiger partial charge on any atom is 0.245 e. The molecule has 3 aromatic rings. The lowest BCUT2D eigenvalue weighted by molar-refractivity contribution is 0.397. The normalized spacial score (nSPS) is 11.5. The number of halogens is 1. The second-order valence-electron chi connectivity index (χ2n) is 6.59. The van der Waals surface area contributed by atoms with Crippen LogP contribution in [0.25, 0.3) is 0 Å². The second kappa shape index (κ2) is 10.1. The van der Waals surface area contributed by atoms with Crippen molar-refractivity contribution >= 4 is 26.0 Å². The Morgan fingerprint density at radius 2 is 1.33 bits per heavy atom. The lowest BCUT2D eigenvalue weighted by atomic mass is 10.2. The third kappa shape index (κ3) is 5.38. The van der Waals surface area contributed by atoms with Crippen molar-refractivity contribution in [2.45, 2.75) is 23.3 Å². The Kier molecular flexibility index (Phi) is 7.47. The van der Waals surface area contributed by atoms with E-state index in [0.717, 1.165) is 28.3 Å². The number of benzene rings is 2. The van der Waals surface area contributed by atoms with Crippen LogP contribution in [-0.4, -0.2) is 31.9 Å². The summed E-state index contributed by atoms with van der Waals surface area (Å²) >= 11 is 3.33. The summed E-state index contributed by atoms with van der Waals surface area (Å²) in [6, 6.07) is 18.0. The third-order valence-corrected chi connectivity index (χ3v) is 6.96. The lowest BCUT2D eigenvalue weighted by Crippen LogP contribution is -2.30. The Hall–Kier alpha value is -2.42. The van der Waals surface area contributed by atoms with E-state index in [1.807, 2.05) is 48.5 Å². The molecular formula is C22H23BrN2O4S. The van der Waals surface area contributed by atoms with E-state index in [4.69, 9.17) is 9.47 Å². The first-order chi connectivity index (χ1) is 14.5. The van der Waals surface area contributed by atoms with E-state index in [2.05, 4.69) is 20.9 Å². The molecule has 30 heavy (non-hydrogen) atoms. The minimum atomic E-state index is -3.76. The molecule has 0 saturated carbocycles. The molecule has 0 atom stereocenters. The van der Waals surface area contributed by atoms with Crippen LogP contribution in [0.15, 0.2) is 71.8 Å². The summed E-state index contributed by atoms with van der Waals surface area (Å²) in [6.07, 6.45) is 1.40. The molecule has 0 unspecified atom stereocenters. The summed E-state index contributed by atoms with van der Waals surface area (Å²) in [4.78, 5) is 4.38. The third-order valence-electron chi connectivity index (χ3n) is 4.61. The molecule has 3 rings (SSSR count). The average molecular weight is 491 g/mol. The zero-order valence-corrected chi connectivity index (χ0v) is 19.2. The number of hydrogen-bond donors (Lipinski definition) is 0. The standard InChI is InChI=1S/C22H23BrN2O4S/c1-28-20-8-3-17(4-9-20)15-25(16-18-5-10-21(29-2)11-6-18)30(26,27)22-12-7-19(13-23)24-14-22/h3-12,14H,13,15-16H2,1-2H3. The van der Waals surface area contributed by atoms with Crippen molar-refractivity contribution in [1.82, 2.24) is 9.29 Å². The Labute approximate surface area is 185 Å². The Bertz CT molecular complexity index is 1000. The Morgan fingerprint density at radius 1 is 0.833 bits per heavy atom. The zero-order valence-electron chi connectivity index (χ0n) is 16.8. The summed E-state index contributed by atoms with van der Waals surface area (Å²) in [5.74, 6) is 1.44. The molecule has 0 aliphatic rings. The Morgan fingerprint density at radius 3 is 1.70 bits per heavy atom. The van der Waals surface area contributed by atoms with Crippen molar-refractivity contribution < 1.29 is 17.9 Å². The van der Waals surface area contributed by atoms with E-state index in [9.17, 15) is 8.42 Å². The molecule has 1 heterocycles. The summed E-state index contributed by atoms with van der Waals surface area (Å²) in [6.45, 7) is 0.442. The molecule has 158 valence electrons. The fourth-order valence-corrected chi connectivity index (χ4v) is 4.58. The molecule has 6 nitrogen and oxygen atoms in total. The smallest absolute Gasteiger partial charge is 0.245 e. The molecule has 0 saturated heterocycles. The fourth-order valence-electron chi connectivity index (χ4n) is 2.89. The molecule has 0 radical (unpaired) electrons. The van der Waals surface area contributed by atoms with Gasteiger partial charge in [0.15, 0.2) is 0 Å². The SMILES string of the molecule is COc1ccc(CN(Cc2ccc(OC)cc2)S(=O)(=O)c2ccc(CBr)nc2)cc1. The quantitative estimate of drug-likeness (QED) is 0.416. The van der Waals surface area contributed by atoms with Gasteiger partial charge in [0, 0.05) is 24.6 Å². The van der Waals surface area contributed by atoms with Crippen molar-refractivity contribution in [3.05, 3.63) is 83.7 Å². The molecule has 0 aliphatic heterocycles. The number of sulfonamides is 1. The van der Waals surface area contributed by atoms with Gasteiger partial charge in [0.2, 0.25) is 10.0 Å². The van der Waals surface area contributed by atoms with Crippen molar-refractivity contribution in [2.75, 3.05) is 14.2 Å². The van der Waals surface area contributed by atoms with Crippen molar-refractivity contribution in [3.63, 3.8) is 0 Å². The van der Waals surface area contributed by atoms with Gasteiger partial charge in [0.05, 0.1) is 19.9 Å². The van der Waals surface area contributed by atoms with Gasteiger partial charge < -0.3 is 9.47 Å². The van der Waals surface area contributed by atoms with Gasteiger partial charge in [-0.2, -0.15) is 4.31 Å². The van der Waals surface area contributed by atoms with Crippen LogP contribution < -0.4 is 9.47 Å². The molecule has 0 bridgehead atoms. The molecule has 2 aromatic carbocycles.